The molecule has 0 aromatic carbocycles. The summed E-state index contributed by atoms with van der Waals surface area (Å²) in [5.41, 5.74) is 1.14. The van der Waals surface area contributed by atoms with Gasteiger partial charge in [-0.2, -0.15) is 0 Å². The molecule has 1 amide bonds. The molecule has 0 bridgehead atoms. The molecule has 20 heavy (non-hydrogen) atoms. The maximum Gasteiger partial charge on any atom is 0.261 e. The Bertz CT molecular complexity index is 716. The van der Waals surface area contributed by atoms with Crippen molar-refractivity contribution in [2.75, 3.05) is 7.05 Å². The maximum atomic E-state index is 12.0. The van der Waals surface area contributed by atoms with E-state index in [1.807, 2.05) is 18.4 Å². The van der Waals surface area contributed by atoms with Gasteiger partial charge in [0.25, 0.3) is 5.91 Å². The first-order valence-electron chi connectivity index (χ1n) is 5.77. The van der Waals surface area contributed by atoms with E-state index in [9.17, 15) is 13.2 Å². The van der Waals surface area contributed by atoms with E-state index in [1.54, 1.807) is 11.3 Å². The second-order valence-corrected chi connectivity index (χ2v) is 7.86. The van der Waals surface area contributed by atoms with Crippen molar-refractivity contribution in [3.8, 4) is 0 Å². The van der Waals surface area contributed by atoms with Crippen LogP contribution in [0.5, 0.6) is 0 Å². The highest BCUT2D eigenvalue weighted by molar-refractivity contribution is 7.89. The normalized spacial score (nSPS) is 11.5. The SMILES string of the molecule is CNS(=O)(=O)c1csc(C(=O)NCc2sccc2C)c1. The Morgan fingerprint density at radius 1 is 1.35 bits per heavy atom. The van der Waals surface area contributed by atoms with E-state index < -0.39 is 10.0 Å². The van der Waals surface area contributed by atoms with Crippen LogP contribution in [-0.2, 0) is 16.6 Å². The summed E-state index contributed by atoms with van der Waals surface area (Å²) in [4.78, 5) is 13.6. The second-order valence-electron chi connectivity index (χ2n) is 4.06. The summed E-state index contributed by atoms with van der Waals surface area (Å²) >= 11 is 2.70. The van der Waals surface area contributed by atoms with Gasteiger partial charge in [0.15, 0.2) is 0 Å². The van der Waals surface area contributed by atoms with Crippen LogP contribution in [-0.4, -0.2) is 21.4 Å². The summed E-state index contributed by atoms with van der Waals surface area (Å²) in [5, 5.41) is 6.22. The summed E-state index contributed by atoms with van der Waals surface area (Å²) in [7, 11) is -2.15. The average Bonchev–Trinajstić information content (AvgIpc) is 3.05. The average molecular weight is 330 g/mol. The van der Waals surface area contributed by atoms with Gasteiger partial charge in [0.1, 0.15) is 0 Å². The van der Waals surface area contributed by atoms with E-state index in [0.717, 1.165) is 21.8 Å². The van der Waals surface area contributed by atoms with Crippen LogP contribution < -0.4 is 10.0 Å². The minimum atomic E-state index is -3.49. The lowest BCUT2D eigenvalue weighted by Crippen LogP contribution is -2.22. The zero-order valence-electron chi connectivity index (χ0n) is 11.0. The van der Waals surface area contributed by atoms with E-state index >= 15 is 0 Å². The van der Waals surface area contributed by atoms with Gasteiger partial charge >= 0.3 is 0 Å². The smallest absolute Gasteiger partial charge is 0.261 e. The molecule has 2 aromatic heterocycles. The van der Waals surface area contributed by atoms with Crippen LogP contribution in [0.25, 0.3) is 0 Å². The number of hydrogen-bond acceptors (Lipinski definition) is 5. The van der Waals surface area contributed by atoms with Gasteiger partial charge in [0.2, 0.25) is 10.0 Å². The van der Waals surface area contributed by atoms with Crippen LogP contribution in [0.4, 0.5) is 0 Å². The topological polar surface area (TPSA) is 75.3 Å². The highest BCUT2D eigenvalue weighted by Crippen LogP contribution is 2.20. The summed E-state index contributed by atoms with van der Waals surface area (Å²) in [6.07, 6.45) is 0. The number of thiophene rings is 2. The fourth-order valence-corrected chi connectivity index (χ4v) is 4.30. The van der Waals surface area contributed by atoms with Crippen LogP contribution in [0.2, 0.25) is 0 Å². The van der Waals surface area contributed by atoms with Gasteiger partial charge < -0.3 is 5.32 Å². The van der Waals surface area contributed by atoms with E-state index in [-0.39, 0.29) is 10.8 Å². The number of carbonyl (C=O) groups is 1. The molecule has 2 rings (SSSR count). The molecule has 2 N–H and O–H groups in total. The molecule has 2 aromatic rings. The third kappa shape index (κ3) is 3.26. The number of carbonyl (C=O) groups excluding carboxylic acids is 1. The Hall–Kier alpha value is -1.22. The molecule has 0 aliphatic heterocycles. The van der Waals surface area contributed by atoms with Crippen molar-refractivity contribution in [2.45, 2.75) is 18.4 Å². The molecular weight excluding hydrogens is 316 g/mol. The Morgan fingerprint density at radius 2 is 2.10 bits per heavy atom. The first kappa shape index (κ1) is 15.2. The largest absolute Gasteiger partial charge is 0.346 e. The first-order valence-corrected chi connectivity index (χ1v) is 9.01. The maximum absolute atomic E-state index is 12.0. The molecule has 0 aliphatic rings. The van der Waals surface area contributed by atoms with E-state index in [0.29, 0.717) is 11.4 Å². The van der Waals surface area contributed by atoms with Gasteiger partial charge in [-0.1, -0.05) is 0 Å². The molecule has 5 nitrogen and oxygen atoms in total. The van der Waals surface area contributed by atoms with Gasteiger partial charge in [-0.25, -0.2) is 13.1 Å². The molecule has 2 heterocycles. The van der Waals surface area contributed by atoms with Crippen LogP contribution in [0, 0.1) is 6.92 Å². The van der Waals surface area contributed by atoms with Crippen molar-refractivity contribution < 1.29 is 13.2 Å². The highest BCUT2D eigenvalue weighted by atomic mass is 32.2. The number of rotatable bonds is 5. The molecular formula is C12H14N2O3S3. The minimum Gasteiger partial charge on any atom is -0.346 e. The Kier molecular flexibility index (Phi) is 4.59. The van der Waals surface area contributed by atoms with Crippen LogP contribution in [0.15, 0.2) is 27.8 Å². The van der Waals surface area contributed by atoms with Crippen molar-refractivity contribution in [2.24, 2.45) is 0 Å². The monoisotopic (exact) mass is 330 g/mol. The molecule has 0 saturated carbocycles. The fraction of sp³-hybridized carbons (Fsp3) is 0.250. The summed E-state index contributed by atoms with van der Waals surface area (Å²) in [6, 6.07) is 3.38. The lowest BCUT2D eigenvalue weighted by atomic mass is 10.3. The summed E-state index contributed by atoms with van der Waals surface area (Å²) in [5.74, 6) is -0.264. The lowest BCUT2D eigenvalue weighted by Gasteiger charge is -2.02. The number of aryl methyl sites for hydroxylation is 1. The molecule has 0 unspecified atom stereocenters. The third-order valence-corrected chi connectivity index (χ3v) is 6.25. The van der Waals surface area contributed by atoms with E-state index in [2.05, 4.69) is 10.0 Å². The molecule has 0 saturated heterocycles. The Morgan fingerprint density at radius 3 is 2.70 bits per heavy atom. The molecule has 0 atom stereocenters. The van der Waals surface area contributed by atoms with Crippen molar-refractivity contribution >= 4 is 38.6 Å². The molecule has 8 heteroatoms. The molecule has 108 valence electrons. The Balaban J connectivity index is 2.05. The number of nitrogens with one attached hydrogen (secondary N) is 2. The first-order chi connectivity index (χ1) is 9.44. The number of amides is 1. The van der Waals surface area contributed by atoms with Gasteiger partial charge in [0.05, 0.1) is 16.3 Å². The summed E-state index contributed by atoms with van der Waals surface area (Å²) < 4.78 is 25.4. The third-order valence-electron chi connectivity index (χ3n) is 2.76. The van der Waals surface area contributed by atoms with Gasteiger partial charge in [-0.3, -0.25) is 4.79 Å². The predicted octanol–water partition coefficient (Wildman–Crippen LogP) is 1.96. The Labute approximate surface area is 125 Å². The van der Waals surface area contributed by atoms with Crippen molar-refractivity contribution in [3.05, 3.63) is 38.2 Å². The van der Waals surface area contributed by atoms with E-state index in [4.69, 9.17) is 0 Å². The van der Waals surface area contributed by atoms with Crippen molar-refractivity contribution in [1.29, 1.82) is 0 Å². The zero-order chi connectivity index (χ0) is 14.8. The molecule has 0 radical (unpaired) electrons. The van der Waals surface area contributed by atoms with Crippen LogP contribution in [0.1, 0.15) is 20.1 Å². The van der Waals surface area contributed by atoms with Gasteiger partial charge in [-0.15, -0.1) is 22.7 Å². The molecule has 0 fully saturated rings. The molecule has 0 aliphatic carbocycles. The zero-order valence-corrected chi connectivity index (χ0v) is 13.4. The minimum absolute atomic E-state index is 0.113. The second kappa shape index (κ2) is 6.04. The van der Waals surface area contributed by atoms with Gasteiger partial charge in [-0.05, 0) is 37.0 Å². The van der Waals surface area contributed by atoms with Gasteiger partial charge in [0, 0.05) is 10.3 Å². The van der Waals surface area contributed by atoms with Crippen LogP contribution >= 0.6 is 22.7 Å². The van der Waals surface area contributed by atoms with Crippen molar-refractivity contribution in [3.63, 3.8) is 0 Å². The van der Waals surface area contributed by atoms with E-state index in [1.165, 1.54) is 18.5 Å². The number of sulfonamides is 1. The molecule has 0 spiro atoms. The lowest BCUT2D eigenvalue weighted by molar-refractivity contribution is 0.0955. The predicted molar refractivity (Wildman–Crippen MR) is 80.8 cm³/mol. The van der Waals surface area contributed by atoms with Crippen LogP contribution in [0.3, 0.4) is 0 Å². The standard InChI is InChI=1S/C12H14N2O3S3/c1-8-3-4-18-11(8)6-14-12(15)10-5-9(7-19-10)20(16,17)13-2/h3-5,7,13H,6H2,1-2H3,(H,14,15). The quantitative estimate of drug-likeness (QED) is 0.880. The highest BCUT2D eigenvalue weighted by Gasteiger charge is 2.17. The van der Waals surface area contributed by atoms with Crippen molar-refractivity contribution in [1.82, 2.24) is 10.0 Å². The fourth-order valence-electron chi connectivity index (χ4n) is 1.53. The summed E-state index contributed by atoms with van der Waals surface area (Å²) in [6.45, 7) is 2.44. The number of hydrogen-bond donors (Lipinski definition) is 2.